The van der Waals surface area contributed by atoms with E-state index in [1.54, 1.807) is 0 Å². The van der Waals surface area contributed by atoms with Crippen molar-refractivity contribution in [1.82, 2.24) is 9.61 Å². The van der Waals surface area contributed by atoms with E-state index in [1.165, 1.54) is 5.56 Å². The molecule has 1 fully saturated rings. The molecule has 0 unspecified atom stereocenters. The van der Waals surface area contributed by atoms with E-state index < -0.39 is 0 Å². The molecule has 0 spiro atoms. The maximum absolute atomic E-state index is 5.21. The molecule has 12 heavy (non-hydrogen) atoms. The summed E-state index contributed by atoms with van der Waals surface area (Å²) in [4.78, 5) is 0. The van der Waals surface area contributed by atoms with Crippen LogP contribution in [-0.4, -0.2) is 16.2 Å². The molecule has 3 heteroatoms. The first kappa shape index (κ1) is 6.20. The number of rotatable bonds is 1. The molecule has 1 aliphatic heterocycles. The van der Waals surface area contributed by atoms with Gasteiger partial charge in [0.25, 0.3) is 0 Å². The molecule has 2 aromatic heterocycles. The van der Waals surface area contributed by atoms with Crippen LogP contribution in [0.25, 0.3) is 5.52 Å². The van der Waals surface area contributed by atoms with Crippen LogP contribution in [-0.2, 0) is 4.74 Å². The largest absolute Gasteiger partial charge is 0.368 e. The number of fused-ring (bicyclic) bond motifs is 1. The standard InChI is InChI=1S/C9H8N2O/c1-2-4-11-8(3-1)7(5-10-11)9-6-12-9/h1-5,9H,6H2/t9-/m0/s1. The maximum Gasteiger partial charge on any atom is 0.110 e. The van der Waals surface area contributed by atoms with Gasteiger partial charge in [0.1, 0.15) is 6.10 Å². The average molecular weight is 160 g/mol. The van der Waals surface area contributed by atoms with E-state index in [4.69, 9.17) is 4.74 Å². The third-order valence-corrected chi connectivity index (χ3v) is 2.14. The number of ether oxygens (including phenoxy) is 1. The highest BCUT2D eigenvalue weighted by atomic mass is 16.6. The Morgan fingerprint density at radius 1 is 1.50 bits per heavy atom. The van der Waals surface area contributed by atoms with E-state index in [-0.39, 0.29) is 0 Å². The Bertz CT molecular complexity index is 417. The van der Waals surface area contributed by atoms with E-state index >= 15 is 0 Å². The summed E-state index contributed by atoms with van der Waals surface area (Å²) >= 11 is 0. The van der Waals surface area contributed by atoms with Crippen molar-refractivity contribution in [2.24, 2.45) is 0 Å². The molecule has 0 amide bonds. The number of epoxide rings is 1. The van der Waals surface area contributed by atoms with Gasteiger partial charge < -0.3 is 4.74 Å². The van der Waals surface area contributed by atoms with Gasteiger partial charge in [-0.1, -0.05) is 6.07 Å². The maximum atomic E-state index is 5.21. The van der Waals surface area contributed by atoms with Gasteiger partial charge in [0.05, 0.1) is 18.3 Å². The quantitative estimate of drug-likeness (QED) is 0.590. The fourth-order valence-electron chi connectivity index (χ4n) is 1.43. The monoisotopic (exact) mass is 160 g/mol. The summed E-state index contributed by atoms with van der Waals surface area (Å²) in [6.07, 6.45) is 4.12. The summed E-state index contributed by atoms with van der Waals surface area (Å²) in [6, 6.07) is 6.05. The highest BCUT2D eigenvalue weighted by Gasteiger charge is 2.27. The Labute approximate surface area is 69.6 Å². The van der Waals surface area contributed by atoms with E-state index in [0.717, 1.165) is 12.1 Å². The van der Waals surface area contributed by atoms with Crippen LogP contribution in [0.2, 0.25) is 0 Å². The van der Waals surface area contributed by atoms with Crippen molar-refractivity contribution in [3.63, 3.8) is 0 Å². The minimum Gasteiger partial charge on any atom is -0.368 e. The molecule has 1 saturated heterocycles. The molecule has 0 aromatic carbocycles. The minimum absolute atomic E-state index is 0.296. The second kappa shape index (κ2) is 2.08. The third-order valence-electron chi connectivity index (χ3n) is 2.14. The van der Waals surface area contributed by atoms with Crippen LogP contribution in [0.1, 0.15) is 11.7 Å². The van der Waals surface area contributed by atoms with E-state index in [0.29, 0.717) is 6.10 Å². The van der Waals surface area contributed by atoms with Gasteiger partial charge in [-0.2, -0.15) is 5.10 Å². The zero-order chi connectivity index (χ0) is 7.97. The van der Waals surface area contributed by atoms with Crippen LogP contribution < -0.4 is 0 Å². The van der Waals surface area contributed by atoms with Crippen LogP contribution in [0.4, 0.5) is 0 Å². The molecular formula is C9H8N2O. The van der Waals surface area contributed by atoms with Gasteiger partial charge in [0, 0.05) is 11.8 Å². The summed E-state index contributed by atoms with van der Waals surface area (Å²) in [5, 5.41) is 4.22. The van der Waals surface area contributed by atoms with Gasteiger partial charge in [-0.25, -0.2) is 4.52 Å². The first-order valence-corrected chi connectivity index (χ1v) is 3.99. The van der Waals surface area contributed by atoms with Crippen LogP contribution in [0, 0.1) is 0 Å². The molecule has 60 valence electrons. The second-order valence-corrected chi connectivity index (χ2v) is 2.95. The number of pyridine rings is 1. The number of nitrogens with zero attached hydrogens (tertiary/aromatic N) is 2. The summed E-state index contributed by atoms with van der Waals surface area (Å²) in [6.45, 7) is 0.843. The molecule has 3 nitrogen and oxygen atoms in total. The summed E-state index contributed by atoms with van der Waals surface area (Å²) in [5.74, 6) is 0. The second-order valence-electron chi connectivity index (χ2n) is 2.95. The van der Waals surface area contributed by atoms with Crippen molar-refractivity contribution in [2.45, 2.75) is 6.10 Å². The molecule has 3 heterocycles. The van der Waals surface area contributed by atoms with Gasteiger partial charge in [0.2, 0.25) is 0 Å². The lowest BCUT2D eigenvalue weighted by Crippen LogP contribution is -1.84. The van der Waals surface area contributed by atoms with Crippen LogP contribution in [0.5, 0.6) is 0 Å². The summed E-state index contributed by atoms with van der Waals surface area (Å²) in [5.41, 5.74) is 2.36. The molecule has 0 saturated carbocycles. The van der Waals surface area contributed by atoms with Gasteiger partial charge in [0.15, 0.2) is 0 Å². The molecule has 0 aliphatic carbocycles. The highest BCUT2D eigenvalue weighted by Crippen LogP contribution is 2.32. The average Bonchev–Trinajstić information content (AvgIpc) is 2.86. The molecule has 2 aromatic rings. The van der Waals surface area contributed by atoms with Crippen molar-refractivity contribution in [3.05, 3.63) is 36.2 Å². The van der Waals surface area contributed by atoms with Crippen molar-refractivity contribution in [2.75, 3.05) is 6.61 Å². The number of hydrogen-bond donors (Lipinski definition) is 0. The molecular weight excluding hydrogens is 152 g/mol. The van der Waals surface area contributed by atoms with Crippen LogP contribution in [0.15, 0.2) is 30.6 Å². The lowest BCUT2D eigenvalue weighted by atomic mass is 10.2. The number of hydrogen-bond acceptors (Lipinski definition) is 2. The molecule has 1 aliphatic rings. The SMILES string of the molecule is c1ccn2ncc([C@@H]3CO3)c2c1. The van der Waals surface area contributed by atoms with E-state index in [2.05, 4.69) is 11.2 Å². The van der Waals surface area contributed by atoms with E-state index in [9.17, 15) is 0 Å². The Kier molecular flexibility index (Phi) is 1.07. The Morgan fingerprint density at radius 3 is 3.25 bits per heavy atom. The Balaban J connectivity index is 2.30. The van der Waals surface area contributed by atoms with Crippen molar-refractivity contribution >= 4 is 5.52 Å². The Hall–Kier alpha value is -1.35. The molecule has 0 bridgehead atoms. The molecule has 1 atom stereocenters. The molecule has 3 rings (SSSR count). The first-order chi connectivity index (χ1) is 5.95. The first-order valence-electron chi connectivity index (χ1n) is 3.99. The normalized spacial score (nSPS) is 21.5. The van der Waals surface area contributed by atoms with Gasteiger partial charge >= 0.3 is 0 Å². The Morgan fingerprint density at radius 2 is 2.42 bits per heavy atom. The molecule has 0 N–H and O–H groups in total. The summed E-state index contributed by atoms with van der Waals surface area (Å²) in [7, 11) is 0. The summed E-state index contributed by atoms with van der Waals surface area (Å²) < 4.78 is 7.08. The lowest BCUT2D eigenvalue weighted by molar-refractivity contribution is 0.417. The number of aromatic nitrogens is 2. The fourth-order valence-corrected chi connectivity index (χ4v) is 1.43. The highest BCUT2D eigenvalue weighted by molar-refractivity contribution is 5.55. The van der Waals surface area contributed by atoms with Gasteiger partial charge in [-0.15, -0.1) is 0 Å². The van der Waals surface area contributed by atoms with E-state index in [1.807, 2.05) is 29.0 Å². The zero-order valence-corrected chi connectivity index (χ0v) is 6.47. The zero-order valence-electron chi connectivity index (χ0n) is 6.47. The fraction of sp³-hybridized carbons (Fsp3) is 0.222. The van der Waals surface area contributed by atoms with Crippen molar-refractivity contribution < 1.29 is 4.74 Å². The lowest BCUT2D eigenvalue weighted by Gasteiger charge is -1.92. The minimum atomic E-state index is 0.296. The topological polar surface area (TPSA) is 29.8 Å². The predicted molar refractivity (Wildman–Crippen MR) is 43.9 cm³/mol. The van der Waals surface area contributed by atoms with Crippen LogP contribution >= 0.6 is 0 Å². The molecule has 0 radical (unpaired) electrons. The van der Waals surface area contributed by atoms with Crippen molar-refractivity contribution in [1.29, 1.82) is 0 Å². The van der Waals surface area contributed by atoms with Gasteiger partial charge in [-0.05, 0) is 12.1 Å². The smallest absolute Gasteiger partial charge is 0.110 e. The van der Waals surface area contributed by atoms with Crippen LogP contribution in [0.3, 0.4) is 0 Å². The third kappa shape index (κ3) is 0.769. The van der Waals surface area contributed by atoms with Gasteiger partial charge in [-0.3, -0.25) is 0 Å². The van der Waals surface area contributed by atoms with Crippen molar-refractivity contribution in [3.8, 4) is 0 Å². The predicted octanol–water partition coefficient (Wildman–Crippen LogP) is 1.41.